The monoisotopic (exact) mass is 227 g/mol. The molecule has 84 valence electrons. The summed E-state index contributed by atoms with van der Waals surface area (Å²) in [6, 6.07) is 0. The molecule has 1 aromatic heterocycles. The number of hydrogen-bond acceptors (Lipinski definition) is 2. The highest BCUT2D eigenvalue weighted by molar-refractivity contribution is 6.20. The summed E-state index contributed by atoms with van der Waals surface area (Å²) in [5.41, 5.74) is 0.914. The summed E-state index contributed by atoms with van der Waals surface area (Å²) < 4.78 is 1.95. The normalized spacial score (nSPS) is 19.6. The maximum absolute atomic E-state index is 6.10. The minimum atomic E-state index is 0.0160. The van der Waals surface area contributed by atoms with E-state index in [-0.39, 0.29) is 5.38 Å². The van der Waals surface area contributed by atoms with Crippen molar-refractivity contribution < 1.29 is 0 Å². The molecule has 0 spiro atoms. The van der Waals surface area contributed by atoms with E-state index in [0.29, 0.717) is 0 Å². The topological polar surface area (TPSA) is 30.7 Å². The second-order valence-electron chi connectivity index (χ2n) is 4.39. The minimum absolute atomic E-state index is 0.0160. The minimum Gasteiger partial charge on any atom is -0.252 e. The fourth-order valence-electron chi connectivity index (χ4n) is 2.21. The fourth-order valence-corrected chi connectivity index (χ4v) is 2.31. The fraction of sp³-hybridized carbons (Fsp3) is 0.818. The largest absolute Gasteiger partial charge is 0.252 e. The van der Waals surface area contributed by atoms with Gasteiger partial charge in [0.1, 0.15) is 5.69 Å². The van der Waals surface area contributed by atoms with Gasteiger partial charge in [-0.1, -0.05) is 25.0 Å². The van der Waals surface area contributed by atoms with E-state index in [1.807, 2.05) is 10.9 Å². The van der Waals surface area contributed by atoms with Crippen LogP contribution in [0.5, 0.6) is 0 Å². The van der Waals surface area contributed by atoms with Crippen LogP contribution in [0.1, 0.15) is 50.1 Å². The Hall–Kier alpha value is -0.570. The van der Waals surface area contributed by atoms with Crippen molar-refractivity contribution in [1.82, 2.24) is 15.0 Å². The first kappa shape index (κ1) is 10.9. The molecule has 1 aromatic rings. The Morgan fingerprint density at radius 1 is 1.53 bits per heavy atom. The maximum atomic E-state index is 6.10. The molecule has 0 radical (unpaired) electrons. The van der Waals surface area contributed by atoms with Crippen molar-refractivity contribution in [3.8, 4) is 0 Å². The summed E-state index contributed by atoms with van der Waals surface area (Å²) in [4.78, 5) is 0. The summed E-state index contributed by atoms with van der Waals surface area (Å²) in [6.07, 6.45) is 8.34. The molecule has 1 aliphatic carbocycles. The van der Waals surface area contributed by atoms with Crippen molar-refractivity contribution >= 4 is 11.6 Å². The summed E-state index contributed by atoms with van der Waals surface area (Å²) in [6.45, 7) is 3.08. The molecule has 1 unspecified atom stereocenters. The van der Waals surface area contributed by atoms with Gasteiger partial charge in [-0.2, -0.15) is 0 Å². The molecule has 0 saturated heterocycles. The molecule has 1 heterocycles. The second kappa shape index (κ2) is 4.97. The van der Waals surface area contributed by atoms with Gasteiger partial charge in [-0.25, -0.2) is 0 Å². The maximum Gasteiger partial charge on any atom is 0.100 e. The van der Waals surface area contributed by atoms with Crippen LogP contribution in [0.3, 0.4) is 0 Å². The van der Waals surface area contributed by atoms with Crippen LogP contribution in [-0.2, 0) is 6.54 Å². The Morgan fingerprint density at radius 3 is 2.93 bits per heavy atom. The van der Waals surface area contributed by atoms with Gasteiger partial charge in [0.15, 0.2) is 0 Å². The van der Waals surface area contributed by atoms with Gasteiger partial charge in [-0.3, -0.25) is 4.68 Å². The number of aromatic nitrogens is 3. The Labute approximate surface area is 95.8 Å². The molecule has 1 fully saturated rings. The number of nitrogens with zero attached hydrogens (tertiary/aromatic N) is 3. The third-order valence-electron chi connectivity index (χ3n) is 3.16. The van der Waals surface area contributed by atoms with E-state index in [9.17, 15) is 0 Å². The van der Waals surface area contributed by atoms with Crippen molar-refractivity contribution in [2.24, 2.45) is 5.92 Å². The summed E-state index contributed by atoms with van der Waals surface area (Å²) >= 11 is 6.10. The van der Waals surface area contributed by atoms with E-state index in [1.165, 1.54) is 25.7 Å². The van der Waals surface area contributed by atoms with Crippen molar-refractivity contribution in [1.29, 1.82) is 0 Å². The van der Waals surface area contributed by atoms with Crippen LogP contribution < -0.4 is 0 Å². The highest BCUT2D eigenvalue weighted by atomic mass is 35.5. The molecule has 0 aromatic carbocycles. The molecule has 1 aliphatic rings. The molecule has 0 amide bonds. The first-order valence-corrected chi connectivity index (χ1v) is 6.27. The Kier molecular flexibility index (Phi) is 3.62. The van der Waals surface area contributed by atoms with E-state index < -0.39 is 0 Å². The lowest BCUT2D eigenvalue weighted by atomic mass is 10.1. The predicted octanol–water partition coefficient (Wildman–Crippen LogP) is 3.16. The van der Waals surface area contributed by atoms with Crippen LogP contribution in [-0.4, -0.2) is 15.0 Å². The molecule has 2 rings (SSSR count). The molecule has 4 heteroatoms. The van der Waals surface area contributed by atoms with E-state index >= 15 is 0 Å². The van der Waals surface area contributed by atoms with Crippen LogP contribution in [0.15, 0.2) is 6.20 Å². The summed E-state index contributed by atoms with van der Waals surface area (Å²) in [5.74, 6) is 0.801. The van der Waals surface area contributed by atoms with Gasteiger partial charge in [0, 0.05) is 12.7 Å². The van der Waals surface area contributed by atoms with Crippen molar-refractivity contribution in [3.05, 3.63) is 11.9 Å². The van der Waals surface area contributed by atoms with Crippen molar-refractivity contribution in [2.45, 2.75) is 50.9 Å². The molecule has 1 atom stereocenters. The van der Waals surface area contributed by atoms with E-state index in [4.69, 9.17) is 11.6 Å². The van der Waals surface area contributed by atoms with Gasteiger partial charge < -0.3 is 0 Å². The third-order valence-corrected chi connectivity index (χ3v) is 3.69. The average Bonchev–Trinajstić information content (AvgIpc) is 2.88. The Morgan fingerprint density at radius 2 is 2.27 bits per heavy atom. The Balaban J connectivity index is 1.94. The van der Waals surface area contributed by atoms with Gasteiger partial charge in [0.25, 0.3) is 0 Å². The van der Waals surface area contributed by atoms with Crippen molar-refractivity contribution in [3.63, 3.8) is 0 Å². The van der Waals surface area contributed by atoms with Crippen LogP contribution in [0, 0.1) is 5.92 Å². The second-order valence-corrected chi connectivity index (χ2v) is 4.92. The molecule has 3 nitrogen and oxygen atoms in total. The van der Waals surface area contributed by atoms with E-state index in [1.54, 1.807) is 0 Å². The third kappa shape index (κ3) is 2.71. The highest BCUT2D eigenvalue weighted by Gasteiger charge is 2.17. The number of halogens is 1. The summed E-state index contributed by atoms with van der Waals surface area (Å²) in [7, 11) is 0. The summed E-state index contributed by atoms with van der Waals surface area (Å²) in [5, 5.41) is 8.26. The average molecular weight is 228 g/mol. The molecular weight excluding hydrogens is 210 g/mol. The van der Waals surface area contributed by atoms with Crippen LogP contribution in [0.4, 0.5) is 0 Å². The molecule has 0 N–H and O–H groups in total. The highest BCUT2D eigenvalue weighted by Crippen LogP contribution is 2.26. The lowest BCUT2D eigenvalue weighted by molar-refractivity contribution is 0.421. The molecule has 1 saturated carbocycles. The SMILES string of the molecule is CCC(Cl)c1cn(CC2CCCC2)nn1. The zero-order valence-corrected chi connectivity index (χ0v) is 9.95. The van der Waals surface area contributed by atoms with Gasteiger partial charge in [0.2, 0.25) is 0 Å². The first-order valence-electron chi connectivity index (χ1n) is 5.83. The number of alkyl halides is 1. The van der Waals surface area contributed by atoms with E-state index in [2.05, 4.69) is 17.2 Å². The van der Waals surface area contributed by atoms with E-state index in [0.717, 1.165) is 24.6 Å². The quantitative estimate of drug-likeness (QED) is 0.740. The zero-order chi connectivity index (χ0) is 10.7. The molecular formula is C11H18ClN3. The van der Waals surface area contributed by atoms with Crippen molar-refractivity contribution in [2.75, 3.05) is 0 Å². The predicted molar refractivity (Wildman–Crippen MR) is 60.9 cm³/mol. The Bertz CT molecular complexity index is 305. The van der Waals surface area contributed by atoms with Crippen LogP contribution in [0.2, 0.25) is 0 Å². The molecule has 0 aliphatic heterocycles. The van der Waals surface area contributed by atoms with Gasteiger partial charge in [-0.05, 0) is 25.2 Å². The van der Waals surface area contributed by atoms with Gasteiger partial charge in [-0.15, -0.1) is 16.7 Å². The van der Waals surface area contributed by atoms with Gasteiger partial charge in [0.05, 0.1) is 5.38 Å². The smallest absolute Gasteiger partial charge is 0.100 e. The first-order chi connectivity index (χ1) is 7.29. The standard InChI is InChI=1S/C11H18ClN3/c1-2-10(12)11-8-15(14-13-11)7-9-5-3-4-6-9/h8-10H,2-7H2,1H3. The number of hydrogen-bond donors (Lipinski definition) is 0. The molecule has 15 heavy (non-hydrogen) atoms. The number of rotatable bonds is 4. The zero-order valence-electron chi connectivity index (χ0n) is 9.19. The van der Waals surface area contributed by atoms with Crippen LogP contribution in [0.25, 0.3) is 0 Å². The lowest BCUT2D eigenvalue weighted by Gasteiger charge is -2.07. The van der Waals surface area contributed by atoms with Gasteiger partial charge >= 0.3 is 0 Å². The molecule has 0 bridgehead atoms. The van der Waals surface area contributed by atoms with Crippen LogP contribution >= 0.6 is 11.6 Å². The lowest BCUT2D eigenvalue weighted by Crippen LogP contribution is -2.07.